The molecule has 3 aromatic rings. The zero-order valence-electron chi connectivity index (χ0n) is 19.1. The van der Waals surface area contributed by atoms with Gasteiger partial charge in [0.25, 0.3) is 0 Å². The maximum atomic E-state index is 13.4. The van der Waals surface area contributed by atoms with Crippen LogP contribution in [0.25, 0.3) is 11.1 Å². The predicted octanol–water partition coefficient (Wildman–Crippen LogP) is 5.76. The standard InChI is InChI=1S/C27H25F3O5/c1-2-33-25(31)16-35-26(17-32-18-26)21-10-12-22(13-11-21)34-15-19-6-5-7-20(14-19)23-8-3-4-9-24(23)27(28,29)30/h3-14H,2,15-18H2,1H3. The lowest BCUT2D eigenvalue weighted by Crippen LogP contribution is -2.49. The molecule has 184 valence electrons. The summed E-state index contributed by atoms with van der Waals surface area (Å²) in [6.07, 6.45) is -4.44. The van der Waals surface area contributed by atoms with Crippen molar-refractivity contribution in [2.45, 2.75) is 25.3 Å². The molecule has 1 aliphatic rings. The van der Waals surface area contributed by atoms with Gasteiger partial charge in [0.1, 0.15) is 24.6 Å². The quantitative estimate of drug-likeness (QED) is 0.360. The number of benzene rings is 3. The number of carbonyl (C=O) groups is 1. The average molecular weight is 486 g/mol. The van der Waals surface area contributed by atoms with Crippen LogP contribution >= 0.6 is 0 Å². The summed E-state index contributed by atoms with van der Waals surface area (Å²) in [6.45, 7) is 2.71. The molecule has 8 heteroatoms. The fourth-order valence-corrected chi connectivity index (χ4v) is 3.85. The first-order chi connectivity index (χ1) is 16.8. The Hall–Kier alpha value is -3.36. The summed E-state index contributed by atoms with van der Waals surface area (Å²) < 4.78 is 62.1. The lowest BCUT2D eigenvalue weighted by atomic mass is 9.91. The molecule has 1 fully saturated rings. The average Bonchev–Trinajstić information content (AvgIpc) is 2.83. The third kappa shape index (κ3) is 5.83. The molecule has 5 nitrogen and oxygen atoms in total. The van der Waals surface area contributed by atoms with Crippen LogP contribution in [0.2, 0.25) is 0 Å². The summed E-state index contributed by atoms with van der Waals surface area (Å²) in [5.74, 6) is 0.162. The van der Waals surface area contributed by atoms with Crippen molar-refractivity contribution in [1.82, 2.24) is 0 Å². The Bertz CT molecular complexity index is 1150. The Balaban J connectivity index is 1.42. The largest absolute Gasteiger partial charge is 0.489 e. The van der Waals surface area contributed by atoms with E-state index in [-0.39, 0.29) is 25.4 Å². The van der Waals surface area contributed by atoms with Gasteiger partial charge in [0.05, 0.1) is 25.4 Å². The maximum absolute atomic E-state index is 13.4. The van der Waals surface area contributed by atoms with E-state index in [1.165, 1.54) is 12.1 Å². The molecule has 0 saturated carbocycles. The summed E-state index contributed by atoms with van der Waals surface area (Å²) in [6, 6.07) is 19.6. The third-order valence-corrected chi connectivity index (χ3v) is 5.70. The van der Waals surface area contributed by atoms with Crippen molar-refractivity contribution in [2.24, 2.45) is 0 Å². The van der Waals surface area contributed by atoms with Crippen LogP contribution in [0.5, 0.6) is 5.75 Å². The highest BCUT2D eigenvalue weighted by Gasteiger charge is 2.42. The van der Waals surface area contributed by atoms with Crippen LogP contribution < -0.4 is 4.74 Å². The van der Waals surface area contributed by atoms with Gasteiger partial charge in [-0.25, -0.2) is 4.79 Å². The molecule has 1 aliphatic heterocycles. The van der Waals surface area contributed by atoms with Crippen molar-refractivity contribution < 1.29 is 36.9 Å². The lowest BCUT2D eigenvalue weighted by molar-refractivity contribution is -0.221. The van der Waals surface area contributed by atoms with Crippen LogP contribution in [-0.2, 0) is 37.4 Å². The molecular weight excluding hydrogens is 461 g/mol. The predicted molar refractivity (Wildman–Crippen MR) is 123 cm³/mol. The molecule has 4 rings (SSSR count). The lowest BCUT2D eigenvalue weighted by Gasteiger charge is -2.41. The first kappa shape index (κ1) is 24.8. The van der Waals surface area contributed by atoms with Crippen molar-refractivity contribution in [2.75, 3.05) is 26.4 Å². The van der Waals surface area contributed by atoms with E-state index in [9.17, 15) is 18.0 Å². The molecular formula is C27H25F3O5. The van der Waals surface area contributed by atoms with Crippen molar-refractivity contribution >= 4 is 5.97 Å². The van der Waals surface area contributed by atoms with Gasteiger partial charge in [-0.05, 0) is 53.4 Å². The fraction of sp³-hybridized carbons (Fsp3) is 0.296. The highest BCUT2D eigenvalue weighted by Crippen LogP contribution is 2.37. The smallest absolute Gasteiger partial charge is 0.417 e. The second-order valence-corrected chi connectivity index (χ2v) is 8.14. The fourth-order valence-electron chi connectivity index (χ4n) is 3.85. The number of rotatable bonds is 9. The Morgan fingerprint density at radius 2 is 1.74 bits per heavy atom. The zero-order valence-corrected chi connectivity index (χ0v) is 19.1. The van der Waals surface area contributed by atoms with Crippen molar-refractivity contribution in [3.8, 4) is 16.9 Å². The van der Waals surface area contributed by atoms with Gasteiger partial charge < -0.3 is 18.9 Å². The molecule has 0 spiro atoms. The summed E-state index contributed by atoms with van der Waals surface area (Å²) in [4.78, 5) is 11.7. The van der Waals surface area contributed by atoms with Crippen molar-refractivity contribution in [3.05, 3.63) is 89.5 Å². The van der Waals surface area contributed by atoms with Crippen LogP contribution in [-0.4, -0.2) is 32.4 Å². The second kappa shape index (κ2) is 10.5. The highest BCUT2D eigenvalue weighted by atomic mass is 19.4. The third-order valence-electron chi connectivity index (χ3n) is 5.70. The molecule has 3 aromatic carbocycles. The van der Waals surface area contributed by atoms with Crippen molar-refractivity contribution in [3.63, 3.8) is 0 Å². The number of halogens is 3. The Morgan fingerprint density at radius 3 is 2.40 bits per heavy atom. The van der Waals surface area contributed by atoms with Crippen LogP contribution in [0.3, 0.4) is 0 Å². The van der Waals surface area contributed by atoms with Gasteiger partial charge in [-0.3, -0.25) is 0 Å². The van der Waals surface area contributed by atoms with Gasteiger partial charge in [-0.1, -0.05) is 48.5 Å². The molecule has 0 atom stereocenters. The zero-order chi connectivity index (χ0) is 24.9. The second-order valence-electron chi connectivity index (χ2n) is 8.14. The molecule has 1 saturated heterocycles. The van der Waals surface area contributed by atoms with E-state index in [0.717, 1.165) is 17.2 Å². The van der Waals surface area contributed by atoms with Crippen LogP contribution in [0.15, 0.2) is 72.8 Å². The highest BCUT2D eigenvalue weighted by molar-refractivity contribution is 5.70. The first-order valence-electron chi connectivity index (χ1n) is 11.2. The summed E-state index contributed by atoms with van der Waals surface area (Å²) in [5.41, 5.74) is 0.817. The number of carbonyl (C=O) groups excluding carboxylic acids is 1. The van der Waals surface area contributed by atoms with Crippen LogP contribution in [0.1, 0.15) is 23.6 Å². The molecule has 0 aliphatic carbocycles. The van der Waals surface area contributed by atoms with Crippen LogP contribution in [0, 0.1) is 0 Å². The number of alkyl halides is 3. The topological polar surface area (TPSA) is 54.0 Å². The summed E-state index contributed by atoms with van der Waals surface area (Å²) >= 11 is 0. The molecule has 35 heavy (non-hydrogen) atoms. The van der Waals surface area contributed by atoms with E-state index >= 15 is 0 Å². The molecule has 0 amide bonds. The van der Waals surface area contributed by atoms with Gasteiger partial charge >= 0.3 is 12.1 Å². The number of ether oxygens (including phenoxy) is 4. The van der Waals surface area contributed by atoms with Gasteiger partial charge in [0.15, 0.2) is 0 Å². The van der Waals surface area contributed by atoms with Crippen molar-refractivity contribution in [1.29, 1.82) is 0 Å². The van der Waals surface area contributed by atoms with Gasteiger partial charge in [-0.15, -0.1) is 0 Å². The Labute approximate surface area is 201 Å². The number of hydrogen-bond donors (Lipinski definition) is 0. The monoisotopic (exact) mass is 486 g/mol. The van der Waals surface area contributed by atoms with E-state index in [0.29, 0.717) is 24.5 Å². The van der Waals surface area contributed by atoms with Gasteiger partial charge in [-0.2, -0.15) is 13.2 Å². The minimum Gasteiger partial charge on any atom is -0.489 e. The Morgan fingerprint density at radius 1 is 1.00 bits per heavy atom. The normalized spacial score (nSPS) is 14.7. The summed E-state index contributed by atoms with van der Waals surface area (Å²) in [7, 11) is 0. The van der Waals surface area contributed by atoms with Gasteiger partial charge in [0, 0.05) is 0 Å². The van der Waals surface area contributed by atoms with Crippen LogP contribution in [0.4, 0.5) is 13.2 Å². The van der Waals surface area contributed by atoms with E-state index < -0.39 is 23.3 Å². The minimum atomic E-state index is -4.44. The van der Waals surface area contributed by atoms with Gasteiger partial charge in [0.2, 0.25) is 0 Å². The van der Waals surface area contributed by atoms with E-state index in [4.69, 9.17) is 18.9 Å². The van der Waals surface area contributed by atoms with E-state index in [1.807, 2.05) is 12.1 Å². The number of hydrogen-bond acceptors (Lipinski definition) is 5. The molecule has 0 bridgehead atoms. The van der Waals surface area contributed by atoms with E-state index in [2.05, 4.69) is 0 Å². The summed E-state index contributed by atoms with van der Waals surface area (Å²) in [5, 5.41) is 0. The first-order valence-corrected chi connectivity index (χ1v) is 11.2. The molecule has 0 unspecified atom stereocenters. The number of esters is 1. The SMILES string of the molecule is CCOC(=O)COC1(c2ccc(OCc3cccc(-c4ccccc4C(F)(F)F)c3)cc2)COC1. The Kier molecular flexibility index (Phi) is 7.42. The maximum Gasteiger partial charge on any atom is 0.417 e. The molecule has 0 radical (unpaired) electrons. The van der Waals surface area contributed by atoms with E-state index in [1.54, 1.807) is 49.4 Å². The molecule has 0 N–H and O–H groups in total. The minimum absolute atomic E-state index is 0.127. The molecule has 1 heterocycles. The molecule has 0 aromatic heterocycles.